The quantitative estimate of drug-likeness (QED) is 0.161. The van der Waals surface area contributed by atoms with Crippen molar-refractivity contribution in [2.45, 2.75) is 72.6 Å². The van der Waals surface area contributed by atoms with E-state index in [1.54, 1.807) is 0 Å². The van der Waals surface area contributed by atoms with Crippen molar-refractivity contribution in [3.8, 4) is 66.8 Å². The minimum atomic E-state index is -0.132. The van der Waals surface area contributed by atoms with Crippen LogP contribution in [0, 0.1) is 12.3 Å². The molecule has 0 amide bonds. The van der Waals surface area contributed by atoms with Gasteiger partial charge in [-0.2, -0.15) is 0 Å². The van der Waals surface area contributed by atoms with Crippen molar-refractivity contribution in [3.05, 3.63) is 226 Å². The molecule has 0 heteroatoms. The van der Waals surface area contributed by atoms with Gasteiger partial charge in [0.2, 0.25) is 0 Å². The van der Waals surface area contributed by atoms with Crippen LogP contribution in [0.1, 0.15) is 97.5 Å². The van der Waals surface area contributed by atoms with Gasteiger partial charge in [0.05, 0.1) is 0 Å². The summed E-state index contributed by atoms with van der Waals surface area (Å²) in [6.45, 7) is 14.1. The summed E-state index contributed by atoms with van der Waals surface area (Å²) in [7, 11) is 0. The Kier molecular flexibility index (Phi) is 8.87. The summed E-state index contributed by atoms with van der Waals surface area (Å²) in [4.78, 5) is 0. The van der Waals surface area contributed by atoms with Gasteiger partial charge in [-0.15, -0.1) is 0 Å². The molecule has 0 saturated carbocycles. The first-order valence-corrected chi connectivity index (χ1v) is 25.5. The number of benzene rings is 9. The maximum Gasteiger partial charge on any atom is 0.0159 e. The number of hydrogen-bond donors (Lipinski definition) is 0. The zero-order valence-electron chi connectivity index (χ0n) is 41.1. The standard InChI is InChI=1S/C70H56/c1-41-36-50(25-29-56(41)58-31-23-49-20-21-53-37-55(69(2,3)4)38-54-28-35-62(58)68(49)66(53)54)52-27-33-60-59-32-26-51(39-63(59)70(5,6)64(60)40-52)44-12-10-42(11-13-44)43-14-16-45(17-15-43)57-30-22-48-19-18-46-8-7-9-47-24-34-61(57)67(48)65(46)47/h7-8,10-19,21-33,35-36,38-40H,9,20,34,37H2,1-6H3. The zero-order chi connectivity index (χ0) is 47.2. The summed E-state index contributed by atoms with van der Waals surface area (Å²) < 4.78 is 0. The van der Waals surface area contributed by atoms with E-state index >= 15 is 0 Å². The molecule has 0 bridgehead atoms. The molecule has 9 aromatic carbocycles. The fraction of sp³-hybridized carbons (Fsp3) is 0.171. The molecule has 70 heavy (non-hydrogen) atoms. The molecule has 0 unspecified atom stereocenters. The van der Waals surface area contributed by atoms with E-state index in [0.29, 0.717) is 0 Å². The molecule has 5 aliphatic rings. The van der Waals surface area contributed by atoms with Crippen molar-refractivity contribution in [2.24, 2.45) is 5.41 Å². The van der Waals surface area contributed by atoms with E-state index < -0.39 is 0 Å². The van der Waals surface area contributed by atoms with Gasteiger partial charge in [-0.1, -0.05) is 210 Å². The summed E-state index contributed by atoms with van der Waals surface area (Å²) in [5, 5.41) is 5.63. The van der Waals surface area contributed by atoms with Crippen LogP contribution in [0.15, 0.2) is 175 Å². The minimum absolute atomic E-state index is 0.132. The smallest absolute Gasteiger partial charge is 0.0159 e. The predicted octanol–water partition coefficient (Wildman–Crippen LogP) is 19.1. The highest BCUT2D eigenvalue weighted by molar-refractivity contribution is 6.09. The lowest BCUT2D eigenvalue weighted by molar-refractivity contribution is 0.498. The fourth-order valence-electron chi connectivity index (χ4n) is 13.1. The molecular formula is C70H56. The largest absolute Gasteiger partial charge is 0.0795 e. The van der Waals surface area contributed by atoms with Gasteiger partial charge in [0, 0.05) is 5.41 Å². The van der Waals surface area contributed by atoms with E-state index in [2.05, 4.69) is 224 Å². The molecule has 0 atom stereocenters. The second kappa shape index (κ2) is 15.0. The number of aryl methyl sites for hydroxylation is 1. The molecule has 0 radical (unpaired) electrons. The molecule has 0 saturated heterocycles. The van der Waals surface area contributed by atoms with Gasteiger partial charge >= 0.3 is 0 Å². The van der Waals surface area contributed by atoms with Gasteiger partial charge in [0.1, 0.15) is 0 Å². The highest BCUT2D eigenvalue weighted by Gasteiger charge is 2.36. The fourth-order valence-corrected chi connectivity index (χ4v) is 13.1. The molecule has 0 N–H and O–H groups in total. The summed E-state index contributed by atoms with van der Waals surface area (Å²) in [6.07, 6.45) is 16.1. The topological polar surface area (TPSA) is 0 Å². The predicted molar refractivity (Wildman–Crippen MR) is 300 cm³/mol. The van der Waals surface area contributed by atoms with Crippen LogP contribution < -0.4 is 0 Å². The van der Waals surface area contributed by atoms with Crippen LogP contribution in [0.4, 0.5) is 0 Å². The van der Waals surface area contributed by atoms with Crippen molar-refractivity contribution in [3.63, 3.8) is 0 Å². The van der Waals surface area contributed by atoms with E-state index in [1.165, 1.54) is 155 Å². The third kappa shape index (κ3) is 6.21. The summed E-state index contributed by atoms with van der Waals surface area (Å²) in [6, 6.07) is 58.6. The van der Waals surface area contributed by atoms with Gasteiger partial charge in [-0.3, -0.25) is 0 Å². The molecule has 0 fully saturated rings. The second-order valence-corrected chi connectivity index (χ2v) is 22.3. The summed E-state index contributed by atoms with van der Waals surface area (Å²) in [5.41, 5.74) is 32.7. The van der Waals surface area contributed by atoms with Crippen LogP contribution in [0.3, 0.4) is 0 Å². The molecule has 0 aliphatic heterocycles. The van der Waals surface area contributed by atoms with Crippen molar-refractivity contribution in [1.29, 1.82) is 0 Å². The van der Waals surface area contributed by atoms with Crippen LogP contribution in [0.2, 0.25) is 0 Å². The maximum atomic E-state index is 2.49. The second-order valence-electron chi connectivity index (χ2n) is 22.3. The number of hydrogen-bond acceptors (Lipinski definition) is 0. The average molecular weight is 897 g/mol. The Morgan fingerprint density at radius 1 is 0.457 bits per heavy atom. The molecule has 0 nitrogen and oxygen atoms in total. The van der Waals surface area contributed by atoms with Gasteiger partial charge < -0.3 is 0 Å². The summed E-state index contributed by atoms with van der Waals surface area (Å²) >= 11 is 0. The van der Waals surface area contributed by atoms with Crippen LogP contribution in [-0.2, 0) is 18.3 Å². The lowest BCUT2D eigenvalue weighted by Crippen LogP contribution is -2.15. The Morgan fingerprint density at radius 2 is 1.01 bits per heavy atom. The monoisotopic (exact) mass is 896 g/mol. The first kappa shape index (κ1) is 41.4. The summed E-state index contributed by atoms with van der Waals surface area (Å²) in [5.74, 6) is 0. The molecule has 0 heterocycles. The molecule has 0 aromatic heterocycles. The van der Waals surface area contributed by atoms with Crippen LogP contribution >= 0.6 is 0 Å². The normalized spacial score (nSPS) is 15.7. The minimum Gasteiger partial charge on any atom is -0.0795 e. The van der Waals surface area contributed by atoms with Crippen molar-refractivity contribution in [2.75, 3.05) is 0 Å². The van der Waals surface area contributed by atoms with Gasteiger partial charge in [0.25, 0.3) is 0 Å². The molecule has 9 aromatic rings. The van der Waals surface area contributed by atoms with Crippen molar-refractivity contribution >= 4 is 44.8 Å². The number of fused-ring (bicyclic) bond motifs is 3. The Bertz CT molecular complexity index is 3900. The van der Waals surface area contributed by atoms with Crippen molar-refractivity contribution in [1.82, 2.24) is 0 Å². The Morgan fingerprint density at radius 3 is 1.71 bits per heavy atom. The molecule has 0 spiro atoms. The van der Waals surface area contributed by atoms with Gasteiger partial charge in [0.15, 0.2) is 0 Å². The molecule has 336 valence electrons. The zero-order valence-corrected chi connectivity index (χ0v) is 41.1. The average Bonchev–Trinajstić information content (AvgIpc) is 3.61. The molecule has 5 aliphatic carbocycles. The Hall–Kier alpha value is -7.54. The Balaban J connectivity index is 0.725. The van der Waals surface area contributed by atoms with E-state index in [0.717, 1.165) is 25.7 Å². The van der Waals surface area contributed by atoms with Crippen molar-refractivity contribution < 1.29 is 0 Å². The van der Waals surface area contributed by atoms with E-state index in [4.69, 9.17) is 0 Å². The maximum absolute atomic E-state index is 2.49. The lowest BCUT2D eigenvalue weighted by atomic mass is 9.72. The van der Waals surface area contributed by atoms with E-state index in [1.807, 2.05) is 0 Å². The Labute approximate surface area is 413 Å². The van der Waals surface area contributed by atoms with E-state index in [9.17, 15) is 0 Å². The third-order valence-corrected chi connectivity index (χ3v) is 17.0. The van der Waals surface area contributed by atoms with Crippen LogP contribution in [-0.4, -0.2) is 0 Å². The first-order chi connectivity index (χ1) is 34.0. The third-order valence-electron chi connectivity index (χ3n) is 17.0. The highest BCUT2D eigenvalue weighted by atomic mass is 14.4. The SMILES string of the molecule is Cc1cc(-c2ccc3c(c2)C(C)(C)c2cc(-c4ccc(-c5ccc(-c6ccc7ccc8c9c7c6CC=C9CC=C8)cc5)cc4)ccc2-3)ccc1-c1ccc2c3c4c(ccc13)C=C(C(C)(C)C)CC4=CC2. The first-order valence-electron chi connectivity index (χ1n) is 25.5. The molecular weight excluding hydrogens is 841 g/mol. The number of rotatable bonds is 5. The van der Waals surface area contributed by atoms with Crippen LogP contribution in [0.25, 0.3) is 112 Å². The van der Waals surface area contributed by atoms with Gasteiger partial charge in [-0.05, 0) is 200 Å². The van der Waals surface area contributed by atoms with E-state index in [-0.39, 0.29) is 10.8 Å². The molecule has 14 rings (SSSR count). The van der Waals surface area contributed by atoms with Gasteiger partial charge in [-0.25, -0.2) is 0 Å². The lowest BCUT2D eigenvalue weighted by Gasteiger charge is -2.32. The van der Waals surface area contributed by atoms with Crippen LogP contribution in [0.5, 0.6) is 0 Å². The number of allylic oxidation sites excluding steroid dienone is 6. The highest BCUT2D eigenvalue weighted by Crippen LogP contribution is 2.52.